The molecule has 0 aliphatic carbocycles. The maximum Gasteiger partial charge on any atom is 0.0660 e. The highest BCUT2D eigenvalue weighted by molar-refractivity contribution is 9.10. The van der Waals surface area contributed by atoms with Gasteiger partial charge < -0.3 is 0 Å². The fourth-order valence-electron chi connectivity index (χ4n) is 1.75. The molecule has 0 atom stereocenters. The zero-order valence-electron chi connectivity index (χ0n) is 10.1. The number of hydrogen-bond donors (Lipinski definition) is 0. The summed E-state index contributed by atoms with van der Waals surface area (Å²) in [5.74, 6) is 0.511. The summed E-state index contributed by atoms with van der Waals surface area (Å²) in [5, 5.41) is 4.54. The maximum absolute atomic E-state index is 5.84. The van der Waals surface area contributed by atoms with E-state index in [1.165, 1.54) is 11.3 Å². The first-order valence-corrected chi connectivity index (χ1v) is 6.75. The summed E-state index contributed by atoms with van der Waals surface area (Å²) in [4.78, 5) is 0. The van der Waals surface area contributed by atoms with E-state index in [0.717, 1.165) is 21.4 Å². The average molecular weight is 314 g/mol. The topological polar surface area (TPSA) is 17.8 Å². The van der Waals surface area contributed by atoms with Crippen molar-refractivity contribution in [3.63, 3.8) is 0 Å². The Kier molecular flexibility index (Phi) is 3.59. The Hall–Kier alpha value is -0.800. The molecule has 1 heterocycles. The molecule has 1 aromatic heterocycles. The van der Waals surface area contributed by atoms with Crippen LogP contribution in [0.4, 0.5) is 0 Å². The molecule has 2 nitrogen and oxygen atoms in total. The molecular formula is C13H14BrClN2. The molecule has 0 unspecified atom stereocenters. The highest BCUT2D eigenvalue weighted by atomic mass is 79.9. The van der Waals surface area contributed by atoms with Crippen molar-refractivity contribution in [1.29, 1.82) is 0 Å². The predicted octanol–water partition coefficient (Wildman–Crippen LogP) is 4.30. The largest absolute Gasteiger partial charge is 0.238 e. The van der Waals surface area contributed by atoms with E-state index in [1.807, 2.05) is 23.7 Å². The molecule has 0 saturated heterocycles. The Balaban J connectivity index is 2.53. The minimum absolute atomic E-state index is 0.511. The lowest BCUT2D eigenvalue weighted by molar-refractivity contribution is 0.832. The van der Waals surface area contributed by atoms with E-state index in [9.17, 15) is 0 Å². The van der Waals surface area contributed by atoms with Gasteiger partial charge in [-0.25, -0.2) is 4.68 Å². The predicted molar refractivity (Wildman–Crippen MR) is 75.0 cm³/mol. The average Bonchev–Trinajstić information content (AvgIpc) is 2.57. The van der Waals surface area contributed by atoms with E-state index < -0.39 is 0 Å². The van der Waals surface area contributed by atoms with Gasteiger partial charge in [0.25, 0.3) is 0 Å². The van der Waals surface area contributed by atoms with Gasteiger partial charge in [-0.05, 0) is 44.0 Å². The van der Waals surface area contributed by atoms with Crippen LogP contribution in [0.1, 0.15) is 22.5 Å². The van der Waals surface area contributed by atoms with Crippen LogP contribution in [0.2, 0.25) is 0 Å². The number of nitrogens with zero attached hydrogens (tertiary/aromatic N) is 2. The van der Waals surface area contributed by atoms with Gasteiger partial charge >= 0.3 is 0 Å². The lowest BCUT2D eigenvalue weighted by atomic mass is 10.2. The van der Waals surface area contributed by atoms with Gasteiger partial charge in [-0.3, -0.25) is 0 Å². The minimum Gasteiger partial charge on any atom is -0.238 e. The molecule has 4 heteroatoms. The number of aryl methyl sites for hydroxylation is 1. The van der Waals surface area contributed by atoms with Crippen LogP contribution in [-0.4, -0.2) is 9.78 Å². The maximum atomic E-state index is 5.84. The second-order valence-corrected chi connectivity index (χ2v) is 5.24. The van der Waals surface area contributed by atoms with Crippen molar-refractivity contribution in [1.82, 2.24) is 9.78 Å². The zero-order valence-corrected chi connectivity index (χ0v) is 12.4. The van der Waals surface area contributed by atoms with E-state index in [1.54, 1.807) is 0 Å². The van der Waals surface area contributed by atoms with Gasteiger partial charge in [0.1, 0.15) is 0 Å². The molecule has 0 aliphatic rings. The highest BCUT2D eigenvalue weighted by Gasteiger charge is 2.10. The molecule has 0 aliphatic heterocycles. The smallest absolute Gasteiger partial charge is 0.0660 e. The zero-order chi connectivity index (χ0) is 12.6. The molecule has 0 bridgehead atoms. The summed E-state index contributed by atoms with van der Waals surface area (Å²) in [6.07, 6.45) is 0. The Labute approximate surface area is 115 Å². The molecule has 2 rings (SSSR count). The molecule has 17 heavy (non-hydrogen) atoms. The standard InChI is InChI=1S/C13H14BrClN2/c1-8-9(2)16-17(10(8)3)12-5-4-11(7-15)13(14)6-12/h4-6H,7H2,1-3H3. The number of rotatable bonds is 2. The third kappa shape index (κ3) is 2.26. The van der Waals surface area contributed by atoms with Crippen molar-refractivity contribution in [3.05, 3.63) is 45.2 Å². The molecule has 0 radical (unpaired) electrons. The summed E-state index contributed by atoms with van der Waals surface area (Å²) in [5.41, 5.74) is 5.63. The summed E-state index contributed by atoms with van der Waals surface area (Å²) < 4.78 is 2.99. The van der Waals surface area contributed by atoms with Crippen LogP contribution in [0.5, 0.6) is 0 Å². The van der Waals surface area contributed by atoms with Crippen LogP contribution >= 0.6 is 27.5 Å². The number of hydrogen-bond acceptors (Lipinski definition) is 1. The first-order chi connectivity index (χ1) is 8.04. The Bertz CT molecular complexity index is 561. The van der Waals surface area contributed by atoms with Gasteiger partial charge in [-0.15, -0.1) is 11.6 Å². The van der Waals surface area contributed by atoms with E-state index in [-0.39, 0.29) is 0 Å². The highest BCUT2D eigenvalue weighted by Crippen LogP contribution is 2.24. The molecule has 0 fully saturated rings. The van der Waals surface area contributed by atoms with Crippen molar-refractivity contribution in [2.24, 2.45) is 0 Å². The summed E-state index contributed by atoms with van der Waals surface area (Å²) in [6, 6.07) is 6.12. The second kappa shape index (κ2) is 4.83. The normalized spacial score (nSPS) is 10.9. The van der Waals surface area contributed by atoms with Gasteiger partial charge in [0.05, 0.1) is 11.4 Å². The van der Waals surface area contributed by atoms with Crippen molar-refractivity contribution < 1.29 is 0 Å². The van der Waals surface area contributed by atoms with Crippen LogP contribution < -0.4 is 0 Å². The first kappa shape index (κ1) is 12.7. The minimum atomic E-state index is 0.511. The lowest BCUT2D eigenvalue weighted by Gasteiger charge is -2.07. The summed E-state index contributed by atoms with van der Waals surface area (Å²) >= 11 is 9.37. The quantitative estimate of drug-likeness (QED) is 0.756. The van der Waals surface area contributed by atoms with Gasteiger partial charge in [0, 0.05) is 16.0 Å². The van der Waals surface area contributed by atoms with Crippen molar-refractivity contribution in [3.8, 4) is 5.69 Å². The Morgan fingerprint density at radius 3 is 2.47 bits per heavy atom. The molecule has 0 amide bonds. The van der Waals surface area contributed by atoms with E-state index in [2.05, 4.69) is 40.9 Å². The summed E-state index contributed by atoms with van der Waals surface area (Å²) in [6.45, 7) is 6.20. The number of alkyl halides is 1. The first-order valence-electron chi connectivity index (χ1n) is 5.42. The number of aromatic nitrogens is 2. The van der Waals surface area contributed by atoms with Crippen LogP contribution in [0.15, 0.2) is 22.7 Å². The van der Waals surface area contributed by atoms with Crippen molar-refractivity contribution in [2.75, 3.05) is 0 Å². The molecule has 0 N–H and O–H groups in total. The van der Waals surface area contributed by atoms with Crippen LogP contribution in [0.25, 0.3) is 5.69 Å². The third-order valence-corrected chi connectivity index (χ3v) is 4.10. The molecular weight excluding hydrogens is 300 g/mol. The van der Waals surface area contributed by atoms with Crippen molar-refractivity contribution in [2.45, 2.75) is 26.7 Å². The Morgan fingerprint density at radius 2 is 2.00 bits per heavy atom. The summed E-state index contributed by atoms with van der Waals surface area (Å²) in [7, 11) is 0. The van der Waals surface area contributed by atoms with Gasteiger partial charge in [-0.2, -0.15) is 5.10 Å². The SMILES string of the molecule is Cc1nn(-c2ccc(CCl)c(Br)c2)c(C)c1C. The van der Waals surface area contributed by atoms with Gasteiger partial charge in [0.2, 0.25) is 0 Å². The third-order valence-electron chi connectivity index (χ3n) is 3.08. The van der Waals surface area contributed by atoms with Crippen LogP contribution in [0.3, 0.4) is 0 Å². The second-order valence-electron chi connectivity index (χ2n) is 4.12. The monoisotopic (exact) mass is 312 g/mol. The van der Waals surface area contributed by atoms with Crippen LogP contribution in [0, 0.1) is 20.8 Å². The van der Waals surface area contributed by atoms with Gasteiger partial charge in [-0.1, -0.05) is 22.0 Å². The van der Waals surface area contributed by atoms with Crippen LogP contribution in [-0.2, 0) is 5.88 Å². The molecule has 0 saturated carbocycles. The van der Waals surface area contributed by atoms with E-state index in [4.69, 9.17) is 11.6 Å². The van der Waals surface area contributed by atoms with Gasteiger partial charge in [0.15, 0.2) is 0 Å². The fourth-order valence-corrected chi connectivity index (χ4v) is 2.65. The Morgan fingerprint density at radius 1 is 1.29 bits per heavy atom. The molecule has 90 valence electrons. The molecule has 2 aromatic rings. The fraction of sp³-hybridized carbons (Fsp3) is 0.308. The molecule has 0 spiro atoms. The molecule has 1 aromatic carbocycles. The lowest BCUT2D eigenvalue weighted by Crippen LogP contribution is -1.99. The number of halogens is 2. The van der Waals surface area contributed by atoms with Crippen molar-refractivity contribution >= 4 is 27.5 Å². The van der Waals surface area contributed by atoms with E-state index >= 15 is 0 Å². The number of benzene rings is 1. The van der Waals surface area contributed by atoms with E-state index in [0.29, 0.717) is 5.88 Å².